The quantitative estimate of drug-likeness (QED) is 0.762. The SMILES string of the molecule is CC1(C)CC(CCC#N)CC(C)(C)N1O. The summed E-state index contributed by atoms with van der Waals surface area (Å²) in [5.41, 5.74) is -0.357. The monoisotopic (exact) mass is 210 g/mol. The molecule has 1 saturated heterocycles. The molecule has 15 heavy (non-hydrogen) atoms. The van der Waals surface area contributed by atoms with Gasteiger partial charge < -0.3 is 5.21 Å². The molecular weight excluding hydrogens is 188 g/mol. The Morgan fingerprint density at radius 2 is 1.73 bits per heavy atom. The summed E-state index contributed by atoms with van der Waals surface area (Å²) < 4.78 is 0. The van der Waals surface area contributed by atoms with E-state index in [-0.39, 0.29) is 11.1 Å². The van der Waals surface area contributed by atoms with E-state index >= 15 is 0 Å². The highest BCUT2D eigenvalue weighted by Crippen LogP contribution is 2.41. The summed E-state index contributed by atoms with van der Waals surface area (Å²) >= 11 is 0. The number of hydrogen-bond donors (Lipinski definition) is 1. The van der Waals surface area contributed by atoms with Gasteiger partial charge in [-0.3, -0.25) is 0 Å². The first kappa shape index (κ1) is 12.5. The zero-order valence-corrected chi connectivity index (χ0v) is 10.2. The summed E-state index contributed by atoms with van der Waals surface area (Å²) in [5, 5.41) is 20.2. The van der Waals surface area contributed by atoms with Crippen molar-refractivity contribution in [3.05, 3.63) is 0 Å². The molecule has 0 spiro atoms. The average Bonchev–Trinajstić information content (AvgIpc) is 2.10. The van der Waals surface area contributed by atoms with Gasteiger partial charge in [0.2, 0.25) is 0 Å². The maximum Gasteiger partial charge on any atom is 0.0621 e. The lowest BCUT2D eigenvalue weighted by Crippen LogP contribution is -2.58. The molecule has 0 saturated carbocycles. The van der Waals surface area contributed by atoms with Gasteiger partial charge in [-0.25, -0.2) is 0 Å². The summed E-state index contributed by atoms with van der Waals surface area (Å²) in [5.74, 6) is 0.554. The van der Waals surface area contributed by atoms with E-state index in [0.29, 0.717) is 12.3 Å². The third kappa shape index (κ3) is 2.70. The Bertz CT molecular complexity index is 247. The molecular formula is C12H22N2O. The summed E-state index contributed by atoms with van der Waals surface area (Å²) in [6, 6.07) is 2.20. The van der Waals surface area contributed by atoms with Crippen LogP contribution in [0.2, 0.25) is 0 Å². The molecule has 0 atom stereocenters. The van der Waals surface area contributed by atoms with Crippen molar-refractivity contribution in [2.24, 2.45) is 5.92 Å². The van der Waals surface area contributed by atoms with Gasteiger partial charge in [0.15, 0.2) is 0 Å². The number of piperidine rings is 1. The third-order valence-corrected chi connectivity index (χ3v) is 3.39. The minimum absolute atomic E-state index is 0.179. The molecule has 0 bridgehead atoms. The van der Waals surface area contributed by atoms with Crippen LogP contribution in [-0.4, -0.2) is 21.3 Å². The largest absolute Gasteiger partial charge is 0.313 e. The summed E-state index contributed by atoms with van der Waals surface area (Å²) in [7, 11) is 0. The van der Waals surface area contributed by atoms with Gasteiger partial charge >= 0.3 is 0 Å². The highest BCUT2D eigenvalue weighted by Gasteiger charge is 2.44. The molecule has 1 fully saturated rings. The molecule has 0 aliphatic carbocycles. The Balaban J connectivity index is 2.71. The molecule has 1 heterocycles. The molecule has 3 nitrogen and oxygen atoms in total. The van der Waals surface area contributed by atoms with Crippen LogP contribution in [0.4, 0.5) is 0 Å². The first-order valence-electron chi connectivity index (χ1n) is 5.66. The maximum absolute atomic E-state index is 10.1. The molecule has 0 unspecified atom stereocenters. The Morgan fingerprint density at radius 3 is 2.13 bits per heavy atom. The fourth-order valence-electron chi connectivity index (χ4n) is 2.95. The predicted octanol–water partition coefficient (Wildman–Crippen LogP) is 2.95. The normalized spacial score (nSPS) is 26.1. The first-order valence-corrected chi connectivity index (χ1v) is 5.66. The van der Waals surface area contributed by atoms with Crippen molar-refractivity contribution in [1.29, 1.82) is 5.26 Å². The van der Waals surface area contributed by atoms with Crippen molar-refractivity contribution in [3.8, 4) is 6.07 Å². The number of rotatable bonds is 2. The lowest BCUT2D eigenvalue weighted by atomic mass is 9.74. The Morgan fingerprint density at radius 1 is 1.27 bits per heavy atom. The van der Waals surface area contributed by atoms with E-state index in [1.54, 1.807) is 0 Å². The molecule has 1 rings (SSSR count). The molecule has 0 aromatic rings. The summed E-state index contributed by atoms with van der Waals surface area (Å²) in [6.07, 6.45) is 3.52. The van der Waals surface area contributed by atoms with Crippen molar-refractivity contribution in [3.63, 3.8) is 0 Å². The van der Waals surface area contributed by atoms with Crippen LogP contribution in [0.25, 0.3) is 0 Å². The number of nitriles is 1. The molecule has 0 aromatic heterocycles. The van der Waals surface area contributed by atoms with E-state index in [1.807, 2.05) is 0 Å². The fourth-order valence-corrected chi connectivity index (χ4v) is 2.95. The average molecular weight is 210 g/mol. The van der Waals surface area contributed by atoms with E-state index in [9.17, 15) is 5.21 Å². The lowest BCUT2D eigenvalue weighted by molar-refractivity contribution is -0.251. The molecule has 0 radical (unpaired) electrons. The molecule has 1 N–H and O–H groups in total. The summed E-state index contributed by atoms with van der Waals surface area (Å²) in [4.78, 5) is 0. The van der Waals surface area contributed by atoms with Gasteiger partial charge in [0.25, 0.3) is 0 Å². The zero-order chi connectivity index (χ0) is 11.7. The van der Waals surface area contributed by atoms with Crippen molar-refractivity contribution < 1.29 is 5.21 Å². The minimum Gasteiger partial charge on any atom is -0.313 e. The van der Waals surface area contributed by atoms with Crippen LogP contribution >= 0.6 is 0 Å². The topological polar surface area (TPSA) is 47.3 Å². The fraction of sp³-hybridized carbons (Fsp3) is 0.917. The van der Waals surface area contributed by atoms with Crippen LogP contribution in [0.3, 0.4) is 0 Å². The van der Waals surface area contributed by atoms with Crippen LogP contribution in [0.5, 0.6) is 0 Å². The second kappa shape index (κ2) is 4.11. The highest BCUT2D eigenvalue weighted by atomic mass is 16.5. The van der Waals surface area contributed by atoms with Crippen LogP contribution in [-0.2, 0) is 0 Å². The smallest absolute Gasteiger partial charge is 0.0621 e. The van der Waals surface area contributed by atoms with Gasteiger partial charge in [0.05, 0.1) is 6.07 Å². The molecule has 0 amide bonds. The van der Waals surface area contributed by atoms with Crippen molar-refractivity contribution in [2.45, 2.75) is 64.5 Å². The number of nitrogens with zero attached hydrogens (tertiary/aromatic N) is 2. The predicted molar refractivity (Wildman–Crippen MR) is 59.4 cm³/mol. The van der Waals surface area contributed by atoms with E-state index in [1.165, 1.54) is 5.06 Å². The van der Waals surface area contributed by atoms with Gasteiger partial charge in [-0.2, -0.15) is 10.3 Å². The molecule has 3 heteroatoms. The highest BCUT2D eigenvalue weighted by molar-refractivity contribution is 4.96. The minimum atomic E-state index is -0.179. The van der Waals surface area contributed by atoms with Gasteiger partial charge in [-0.1, -0.05) is 0 Å². The molecule has 0 aromatic carbocycles. The van der Waals surface area contributed by atoms with Crippen LogP contribution in [0, 0.1) is 17.2 Å². The van der Waals surface area contributed by atoms with Gasteiger partial charge in [0, 0.05) is 17.5 Å². The van der Waals surface area contributed by atoms with Gasteiger partial charge in [-0.05, 0) is 52.9 Å². The van der Waals surface area contributed by atoms with Gasteiger partial charge in [0.1, 0.15) is 0 Å². The Kier molecular flexibility index (Phi) is 3.42. The standard InChI is InChI=1S/C12H22N2O/c1-11(2)8-10(6-5-7-13)9-12(3,4)14(11)15/h10,15H,5-6,8-9H2,1-4H3. The van der Waals surface area contributed by atoms with E-state index in [4.69, 9.17) is 5.26 Å². The molecule has 1 aliphatic heterocycles. The number of hydroxylamine groups is 2. The van der Waals surface area contributed by atoms with Gasteiger partial charge in [-0.15, -0.1) is 0 Å². The van der Waals surface area contributed by atoms with Crippen LogP contribution in [0.1, 0.15) is 53.4 Å². The van der Waals surface area contributed by atoms with Crippen molar-refractivity contribution >= 4 is 0 Å². The lowest BCUT2D eigenvalue weighted by Gasteiger charge is -2.51. The second-order valence-corrected chi connectivity index (χ2v) is 5.91. The maximum atomic E-state index is 10.1. The first-order chi connectivity index (χ1) is 6.79. The number of hydrogen-bond acceptors (Lipinski definition) is 3. The van der Waals surface area contributed by atoms with E-state index < -0.39 is 0 Å². The van der Waals surface area contributed by atoms with Crippen LogP contribution < -0.4 is 0 Å². The second-order valence-electron chi connectivity index (χ2n) is 5.91. The Labute approximate surface area is 92.6 Å². The summed E-state index contributed by atoms with van der Waals surface area (Å²) in [6.45, 7) is 8.25. The van der Waals surface area contributed by atoms with Crippen molar-refractivity contribution in [2.75, 3.05) is 0 Å². The van der Waals surface area contributed by atoms with E-state index in [0.717, 1.165) is 19.3 Å². The van der Waals surface area contributed by atoms with Crippen molar-refractivity contribution in [1.82, 2.24) is 5.06 Å². The van der Waals surface area contributed by atoms with Crippen LogP contribution in [0.15, 0.2) is 0 Å². The molecule has 1 aliphatic rings. The van der Waals surface area contributed by atoms with E-state index in [2.05, 4.69) is 33.8 Å². The molecule has 86 valence electrons. The zero-order valence-electron chi connectivity index (χ0n) is 10.2. The Hall–Kier alpha value is -0.590. The third-order valence-electron chi connectivity index (χ3n) is 3.39.